The Morgan fingerprint density at radius 1 is 1.18 bits per heavy atom. The molecule has 4 heteroatoms. The van der Waals surface area contributed by atoms with E-state index in [1.165, 1.54) is 51.4 Å². The highest BCUT2D eigenvalue weighted by atomic mass is 32.5. The molecule has 0 aromatic rings. The molecule has 0 bridgehead atoms. The Balaban J connectivity index is 1.76. The summed E-state index contributed by atoms with van der Waals surface area (Å²) in [5, 5.41) is 0. The van der Waals surface area contributed by atoms with Gasteiger partial charge in [0.05, 0.1) is 13.5 Å². The van der Waals surface area contributed by atoms with Crippen molar-refractivity contribution in [2.24, 2.45) is 5.92 Å². The molecule has 2 nitrogen and oxygen atoms in total. The maximum atomic E-state index is 9.50. The molecule has 1 N–H and O–H groups in total. The van der Waals surface area contributed by atoms with Gasteiger partial charge in [-0.1, -0.05) is 51.4 Å². The highest BCUT2D eigenvalue weighted by Crippen LogP contribution is 2.45. The van der Waals surface area contributed by atoms with Gasteiger partial charge in [-0.25, -0.2) is 0 Å². The third-order valence-electron chi connectivity index (χ3n) is 3.31. The van der Waals surface area contributed by atoms with Crippen LogP contribution in [-0.4, -0.2) is 11.5 Å². The van der Waals surface area contributed by atoms with Gasteiger partial charge in [0, 0.05) is 11.8 Å². The lowest BCUT2D eigenvalue weighted by Crippen LogP contribution is -1.92. The van der Waals surface area contributed by atoms with Crippen molar-refractivity contribution >= 4 is 18.3 Å². The number of hydrogen-bond acceptors (Lipinski definition) is 2. The van der Waals surface area contributed by atoms with Gasteiger partial charge in [-0.2, -0.15) is 0 Å². The minimum atomic E-state index is -2.54. The van der Waals surface area contributed by atoms with E-state index in [9.17, 15) is 4.89 Å². The first-order chi connectivity index (χ1) is 8.14. The molecule has 0 heterocycles. The van der Waals surface area contributed by atoms with E-state index in [2.05, 4.69) is 0 Å². The van der Waals surface area contributed by atoms with Crippen molar-refractivity contribution in [3.8, 4) is 0 Å². The van der Waals surface area contributed by atoms with Crippen LogP contribution in [0.4, 0.5) is 0 Å². The summed E-state index contributed by atoms with van der Waals surface area (Å²) in [6, 6.07) is 0. The molecule has 1 fully saturated rings. The topological polar surface area (TPSA) is 29.5 Å². The van der Waals surface area contributed by atoms with Crippen molar-refractivity contribution < 1.29 is 9.42 Å². The second kappa shape index (κ2) is 8.53. The average Bonchev–Trinajstić information content (AvgIpc) is 3.11. The second-order valence-corrected chi connectivity index (χ2v) is 8.48. The molecule has 0 aromatic heterocycles. The molecule has 1 aliphatic carbocycles. The summed E-state index contributed by atoms with van der Waals surface area (Å²) >= 11 is 4.90. The first kappa shape index (κ1) is 15.5. The first-order valence-corrected chi connectivity index (χ1v) is 9.66. The molecular formula is C13H26O2PS+. The maximum Gasteiger partial charge on any atom is 0.369 e. The minimum Gasteiger partial charge on any atom is -0.311 e. The highest BCUT2D eigenvalue weighted by molar-refractivity contribution is 8.10. The SMILES string of the molecule is C[CH+]P(O)(=S)OCCCCCCCCC1CC1. The van der Waals surface area contributed by atoms with E-state index in [0.29, 0.717) is 6.61 Å². The van der Waals surface area contributed by atoms with E-state index in [1.807, 2.05) is 0 Å². The molecule has 100 valence electrons. The van der Waals surface area contributed by atoms with Crippen LogP contribution in [0.1, 0.15) is 64.7 Å². The summed E-state index contributed by atoms with van der Waals surface area (Å²) in [5.74, 6) is 1.09. The Bertz CT molecular complexity index is 242. The zero-order chi connectivity index (χ0) is 12.6. The molecule has 0 radical (unpaired) electrons. The Hall–Kier alpha value is 0.440. The van der Waals surface area contributed by atoms with E-state index in [-0.39, 0.29) is 0 Å². The van der Waals surface area contributed by atoms with Gasteiger partial charge in [0.15, 0.2) is 6.16 Å². The largest absolute Gasteiger partial charge is 0.369 e. The van der Waals surface area contributed by atoms with Gasteiger partial charge in [0.1, 0.15) is 0 Å². The van der Waals surface area contributed by atoms with Gasteiger partial charge >= 0.3 is 6.49 Å². The average molecular weight is 277 g/mol. The fraction of sp³-hybridized carbons (Fsp3) is 0.923. The van der Waals surface area contributed by atoms with Crippen LogP contribution in [0.25, 0.3) is 0 Å². The van der Waals surface area contributed by atoms with Crippen molar-refractivity contribution in [2.75, 3.05) is 6.61 Å². The Morgan fingerprint density at radius 3 is 2.35 bits per heavy atom. The Labute approximate surface area is 111 Å². The van der Waals surface area contributed by atoms with Crippen molar-refractivity contribution in [1.82, 2.24) is 0 Å². The monoisotopic (exact) mass is 277 g/mol. The molecule has 1 unspecified atom stereocenters. The van der Waals surface area contributed by atoms with Gasteiger partial charge < -0.3 is 4.89 Å². The van der Waals surface area contributed by atoms with Crippen molar-refractivity contribution in [3.05, 3.63) is 6.16 Å². The van der Waals surface area contributed by atoms with Crippen LogP contribution in [0, 0.1) is 12.1 Å². The van der Waals surface area contributed by atoms with E-state index in [4.69, 9.17) is 16.3 Å². The highest BCUT2D eigenvalue weighted by Gasteiger charge is 2.20. The molecule has 0 aliphatic heterocycles. The van der Waals surface area contributed by atoms with Gasteiger partial charge in [-0.3, -0.25) is 4.52 Å². The normalized spacial score (nSPS) is 18.9. The molecular weight excluding hydrogens is 251 g/mol. The number of unbranched alkanes of at least 4 members (excludes halogenated alkanes) is 5. The molecule has 1 rings (SSSR count). The number of rotatable bonds is 11. The molecule has 0 spiro atoms. The summed E-state index contributed by atoms with van der Waals surface area (Å²) in [4.78, 5) is 9.50. The van der Waals surface area contributed by atoms with E-state index < -0.39 is 6.49 Å². The van der Waals surface area contributed by atoms with Gasteiger partial charge in [-0.05, 0) is 12.3 Å². The summed E-state index contributed by atoms with van der Waals surface area (Å²) in [7, 11) is 0. The lowest BCUT2D eigenvalue weighted by atomic mass is 10.1. The molecule has 0 saturated heterocycles. The molecule has 1 atom stereocenters. The molecule has 1 aliphatic rings. The minimum absolute atomic E-state index is 0.611. The van der Waals surface area contributed by atoms with Crippen LogP contribution in [-0.2, 0) is 16.3 Å². The fourth-order valence-corrected chi connectivity index (χ4v) is 2.68. The van der Waals surface area contributed by atoms with Crippen LogP contribution in [0.5, 0.6) is 0 Å². The molecule has 0 amide bonds. The van der Waals surface area contributed by atoms with Gasteiger partial charge in [-0.15, -0.1) is 0 Å². The van der Waals surface area contributed by atoms with E-state index in [1.54, 1.807) is 13.1 Å². The first-order valence-electron chi connectivity index (χ1n) is 6.91. The number of hydrogen-bond donors (Lipinski definition) is 1. The lowest BCUT2D eigenvalue weighted by molar-refractivity contribution is 0.300. The van der Waals surface area contributed by atoms with Gasteiger partial charge in [0.2, 0.25) is 0 Å². The zero-order valence-electron chi connectivity index (χ0n) is 10.9. The third-order valence-corrected chi connectivity index (χ3v) is 5.46. The van der Waals surface area contributed by atoms with Crippen molar-refractivity contribution in [2.45, 2.75) is 64.7 Å². The van der Waals surface area contributed by atoms with Gasteiger partial charge in [0.25, 0.3) is 0 Å². The second-order valence-electron chi connectivity index (χ2n) is 5.01. The predicted octanol–water partition coefficient (Wildman–Crippen LogP) is 4.63. The van der Waals surface area contributed by atoms with E-state index >= 15 is 0 Å². The Morgan fingerprint density at radius 2 is 1.76 bits per heavy atom. The predicted molar refractivity (Wildman–Crippen MR) is 77.5 cm³/mol. The standard InChI is InChI=1S/C13H25O2PS/c1-2-16(14,17)15-12-8-6-4-3-5-7-9-13-10-11-13/h2,13H,3-12H2,1H3/p+1. The summed E-state index contributed by atoms with van der Waals surface area (Å²) in [6.45, 7) is -0.160. The Kier molecular flexibility index (Phi) is 7.77. The summed E-state index contributed by atoms with van der Waals surface area (Å²) in [5.41, 5.74) is 0. The van der Waals surface area contributed by atoms with Crippen LogP contribution in [0.2, 0.25) is 0 Å². The van der Waals surface area contributed by atoms with Crippen molar-refractivity contribution in [1.29, 1.82) is 0 Å². The molecule has 17 heavy (non-hydrogen) atoms. The molecule has 1 saturated carbocycles. The maximum absolute atomic E-state index is 9.50. The van der Waals surface area contributed by atoms with Crippen LogP contribution >= 0.6 is 6.49 Å². The zero-order valence-corrected chi connectivity index (χ0v) is 12.6. The van der Waals surface area contributed by atoms with Crippen LogP contribution in [0.3, 0.4) is 0 Å². The fourth-order valence-electron chi connectivity index (χ4n) is 1.92. The summed E-state index contributed by atoms with van der Waals surface area (Å²) in [6.07, 6.45) is 13.7. The van der Waals surface area contributed by atoms with Crippen LogP contribution < -0.4 is 0 Å². The lowest BCUT2D eigenvalue weighted by Gasteiger charge is -2.06. The summed E-state index contributed by atoms with van der Waals surface area (Å²) < 4.78 is 5.27. The smallest absolute Gasteiger partial charge is 0.311 e. The quantitative estimate of drug-likeness (QED) is 0.339. The van der Waals surface area contributed by atoms with Crippen molar-refractivity contribution in [3.63, 3.8) is 0 Å². The molecule has 0 aromatic carbocycles. The third kappa shape index (κ3) is 9.07. The van der Waals surface area contributed by atoms with Crippen LogP contribution in [0.15, 0.2) is 0 Å². The van der Waals surface area contributed by atoms with E-state index in [0.717, 1.165) is 12.3 Å².